The summed E-state index contributed by atoms with van der Waals surface area (Å²) in [5, 5.41) is 18.1. The fourth-order valence-corrected chi connectivity index (χ4v) is 1.36. The van der Waals surface area contributed by atoms with Gasteiger partial charge < -0.3 is 9.73 Å². The molecule has 8 heteroatoms. The van der Waals surface area contributed by atoms with Gasteiger partial charge in [-0.15, -0.1) is 0 Å². The van der Waals surface area contributed by atoms with Crippen LogP contribution in [0.4, 0.5) is 10.7 Å². The Hall–Kier alpha value is -2.38. The van der Waals surface area contributed by atoms with Crippen molar-refractivity contribution >= 4 is 18.1 Å². The topological polar surface area (TPSA) is 101 Å². The Morgan fingerprint density at radius 2 is 2.41 bits per heavy atom. The Kier molecular flexibility index (Phi) is 3.03. The van der Waals surface area contributed by atoms with E-state index in [4.69, 9.17) is 4.42 Å². The minimum atomic E-state index is -0.634. The molecule has 1 aliphatic rings. The van der Waals surface area contributed by atoms with Gasteiger partial charge in [0.2, 0.25) is 0 Å². The second-order valence-corrected chi connectivity index (χ2v) is 3.39. The Morgan fingerprint density at radius 1 is 1.59 bits per heavy atom. The van der Waals surface area contributed by atoms with Crippen LogP contribution in [0.1, 0.15) is 12.2 Å². The number of nitro groups is 1. The van der Waals surface area contributed by atoms with Crippen molar-refractivity contribution in [3.05, 3.63) is 28.0 Å². The summed E-state index contributed by atoms with van der Waals surface area (Å²) in [5.41, 5.74) is 0. The molecule has 1 saturated heterocycles. The van der Waals surface area contributed by atoms with Gasteiger partial charge >= 0.3 is 11.9 Å². The second kappa shape index (κ2) is 4.64. The number of hydrogen-bond acceptors (Lipinski definition) is 5. The van der Waals surface area contributed by atoms with Crippen LogP contribution in [0.15, 0.2) is 21.7 Å². The lowest BCUT2D eigenvalue weighted by molar-refractivity contribution is -0.402. The van der Waals surface area contributed by atoms with Crippen LogP contribution in [0.5, 0.6) is 0 Å². The Labute approximate surface area is 96.0 Å². The van der Waals surface area contributed by atoms with E-state index >= 15 is 0 Å². The normalized spacial score (nSPS) is 16.2. The number of hydrogen-bond donors (Lipinski definition) is 1. The lowest BCUT2D eigenvalue weighted by Crippen LogP contribution is -2.43. The summed E-state index contributed by atoms with van der Waals surface area (Å²) in [4.78, 5) is 21.0. The molecule has 1 aromatic rings. The largest absolute Gasteiger partial charge is 0.433 e. The van der Waals surface area contributed by atoms with Crippen LogP contribution < -0.4 is 5.32 Å². The molecule has 90 valence electrons. The quantitative estimate of drug-likeness (QED) is 0.481. The number of nitrogens with zero attached hydrogens (tertiary/aromatic N) is 3. The van der Waals surface area contributed by atoms with Crippen molar-refractivity contribution in [2.75, 3.05) is 13.1 Å². The number of urea groups is 1. The number of furan rings is 1. The third-order valence-electron chi connectivity index (χ3n) is 2.17. The van der Waals surface area contributed by atoms with Gasteiger partial charge in [0.05, 0.1) is 12.3 Å². The first-order valence-corrected chi connectivity index (χ1v) is 5.00. The molecule has 2 heterocycles. The first kappa shape index (κ1) is 11.1. The molecule has 2 amide bonds. The monoisotopic (exact) mass is 238 g/mol. The molecule has 0 atom stereocenters. The molecule has 17 heavy (non-hydrogen) atoms. The minimum absolute atomic E-state index is 0.232. The lowest BCUT2D eigenvalue weighted by Gasteiger charge is -2.22. The SMILES string of the molecule is O=C1NCCCN1N=Cc1ccc([N+](=O)[O-])o1. The molecule has 0 radical (unpaired) electrons. The highest BCUT2D eigenvalue weighted by Gasteiger charge is 2.16. The van der Waals surface area contributed by atoms with Crippen LogP contribution in [-0.2, 0) is 0 Å². The number of hydrazone groups is 1. The fourth-order valence-electron chi connectivity index (χ4n) is 1.36. The van der Waals surface area contributed by atoms with E-state index in [0.29, 0.717) is 13.1 Å². The van der Waals surface area contributed by atoms with Crippen LogP contribution in [-0.4, -0.2) is 35.3 Å². The van der Waals surface area contributed by atoms with Gasteiger partial charge in [0.25, 0.3) is 0 Å². The average Bonchev–Trinajstić information content (AvgIpc) is 2.77. The maximum Gasteiger partial charge on any atom is 0.433 e. The van der Waals surface area contributed by atoms with E-state index in [1.54, 1.807) is 0 Å². The van der Waals surface area contributed by atoms with Gasteiger partial charge in [0, 0.05) is 13.1 Å². The van der Waals surface area contributed by atoms with Gasteiger partial charge in [-0.1, -0.05) is 0 Å². The molecule has 1 aromatic heterocycles. The average molecular weight is 238 g/mol. The van der Waals surface area contributed by atoms with Crippen LogP contribution in [0, 0.1) is 10.1 Å². The van der Waals surface area contributed by atoms with Crippen molar-refractivity contribution in [1.29, 1.82) is 0 Å². The highest BCUT2D eigenvalue weighted by molar-refractivity contribution is 5.80. The van der Waals surface area contributed by atoms with Crippen LogP contribution in [0.3, 0.4) is 0 Å². The molecule has 1 aliphatic heterocycles. The van der Waals surface area contributed by atoms with Gasteiger partial charge in [-0.05, 0) is 12.5 Å². The summed E-state index contributed by atoms with van der Waals surface area (Å²) in [6.45, 7) is 1.15. The van der Waals surface area contributed by atoms with Gasteiger partial charge in [-0.3, -0.25) is 10.1 Å². The van der Waals surface area contributed by atoms with E-state index in [-0.39, 0.29) is 17.7 Å². The molecule has 2 rings (SSSR count). The van der Waals surface area contributed by atoms with Gasteiger partial charge in [-0.2, -0.15) is 5.10 Å². The Balaban J connectivity index is 2.03. The van der Waals surface area contributed by atoms with E-state index in [0.717, 1.165) is 6.42 Å². The first-order valence-electron chi connectivity index (χ1n) is 5.00. The van der Waals surface area contributed by atoms with Crippen molar-refractivity contribution in [3.8, 4) is 0 Å². The standard InChI is InChI=1S/C9H10N4O4/c14-9-10-4-1-5-12(9)11-6-7-2-3-8(17-7)13(15)16/h2-3,6H,1,4-5H2,(H,10,14). The van der Waals surface area contributed by atoms with Crippen LogP contribution in [0.25, 0.3) is 0 Å². The van der Waals surface area contributed by atoms with Crippen LogP contribution >= 0.6 is 0 Å². The zero-order valence-corrected chi connectivity index (χ0v) is 8.83. The summed E-state index contributed by atoms with van der Waals surface area (Å²) >= 11 is 0. The summed E-state index contributed by atoms with van der Waals surface area (Å²) in [6, 6.07) is 2.37. The molecule has 8 nitrogen and oxygen atoms in total. The van der Waals surface area contributed by atoms with Crippen molar-refractivity contribution in [2.24, 2.45) is 5.10 Å². The summed E-state index contributed by atoms with van der Waals surface area (Å²) in [5.74, 6) is -0.121. The third kappa shape index (κ3) is 2.60. The van der Waals surface area contributed by atoms with E-state index in [2.05, 4.69) is 10.4 Å². The minimum Gasteiger partial charge on any atom is -0.400 e. The second-order valence-electron chi connectivity index (χ2n) is 3.39. The van der Waals surface area contributed by atoms with Gasteiger partial charge in [0.1, 0.15) is 4.92 Å². The third-order valence-corrected chi connectivity index (χ3v) is 2.17. The molecule has 1 fully saturated rings. The number of carbonyl (C=O) groups is 1. The summed E-state index contributed by atoms with van der Waals surface area (Å²) in [7, 11) is 0. The van der Waals surface area contributed by atoms with Crippen LogP contribution in [0.2, 0.25) is 0 Å². The van der Waals surface area contributed by atoms with Gasteiger partial charge in [-0.25, -0.2) is 9.80 Å². The van der Waals surface area contributed by atoms with Gasteiger partial charge in [0.15, 0.2) is 5.76 Å². The zero-order valence-electron chi connectivity index (χ0n) is 8.83. The summed E-state index contributed by atoms with van der Waals surface area (Å²) < 4.78 is 4.86. The molecule has 0 unspecified atom stereocenters. The van der Waals surface area contributed by atoms with Crippen molar-refractivity contribution in [1.82, 2.24) is 10.3 Å². The number of nitrogens with one attached hydrogen (secondary N) is 1. The van der Waals surface area contributed by atoms with E-state index in [9.17, 15) is 14.9 Å². The first-order chi connectivity index (χ1) is 8.16. The number of amides is 2. The molecule has 0 aromatic carbocycles. The van der Waals surface area contributed by atoms with Crippen molar-refractivity contribution in [2.45, 2.75) is 6.42 Å². The smallest absolute Gasteiger partial charge is 0.400 e. The molecular weight excluding hydrogens is 228 g/mol. The van der Waals surface area contributed by atoms with E-state index in [1.807, 2.05) is 0 Å². The fraction of sp³-hybridized carbons (Fsp3) is 0.333. The molecule has 0 saturated carbocycles. The summed E-state index contributed by atoms with van der Waals surface area (Å²) in [6.07, 6.45) is 2.08. The lowest BCUT2D eigenvalue weighted by atomic mass is 10.4. The highest BCUT2D eigenvalue weighted by Crippen LogP contribution is 2.14. The highest BCUT2D eigenvalue weighted by atomic mass is 16.6. The van der Waals surface area contributed by atoms with Crippen molar-refractivity contribution in [3.63, 3.8) is 0 Å². The predicted molar refractivity (Wildman–Crippen MR) is 57.7 cm³/mol. The maximum atomic E-state index is 11.3. The van der Waals surface area contributed by atoms with E-state index < -0.39 is 4.92 Å². The van der Waals surface area contributed by atoms with E-state index in [1.165, 1.54) is 23.4 Å². The molecular formula is C9H10N4O4. The zero-order chi connectivity index (χ0) is 12.3. The van der Waals surface area contributed by atoms with Crippen molar-refractivity contribution < 1.29 is 14.1 Å². The number of rotatable bonds is 3. The predicted octanol–water partition coefficient (Wildman–Crippen LogP) is 0.937. The molecule has 0 spiro atoms. The Bertz CT molecular complexity index is 467. The Morgan fingerprint density at radius 3 is 3.06 bits per heavy atom. The molecule has 0 bridgehead atoms. The number of carbonyl (C=O) groups excluding carboxylic acids is 1. The molecule has 0 aliphatic carbocycles. The molecule has 1 N–H and O–H groups in total. The maximum absolute atomic E-state index is 11.3.